The van der Waals surface area contributed by atoms with E-state index in [1.807, 2.05) is 0 Å². The van der Waals surface area contributed by atoms with Crippen molar-refractivity contribution in [2.45, 2.75) is 12.8 Å². The molecule has 0 aliphatic carbocycles. The van der Waals surface area contributed by atoms with E-state index in [1.165, 1.54) is 0 Å². The van der Waals surface area contributed by atoms with Crippen molar-refractivity contribution in [3.63, 3.8) is 0 Å². The van der Waals surface area contributed by atoms with Crippen LogP contribution in [0.25, 0.3) is 0 Å². The highest BCUT2D eigenvalue weighted by molar-refractivity contribution is 5.75. The van der Waals surface area contributed by atoms with Gasteiger partial charge in [-0.25, -0.2) is 0 Å². The van der Waals surface area contributed by atoms with E-state index >= 15 is 0 Å². The fourth-order valence-electron chi connectivity index (χ4n) is 0.214. The Bertz CT molecular complexity index is 141. The Labute approximate surface area is 70.5 Å². The Kier molecular flexibility index (Phi) is 10.6. The largest absolute Gasteiger partial charge is 0.481 e. The molecule has 0 amide bonds. The van der Waals surface area contributed by atoms with Crippen LogP contribution in [0.4, 0.5) is 0 Å². The highest BCUT2D eigenvalue weighted by Crippen LogP contribution is 1.86. The third kappa shape index (κ3) is 23.4. The molecule has 5 heteroatoms. The number of aliphatic carboxylic acids is 2. The van der Waals surface area contributed by atoms with Gasteiger partial charge in [0, 0.05) is 6.54 Å². The Morgan fingerprint density at radius 3 is 1.58 bits per heavy atom. The topological polar surface area (TPSA) is 101 Å². The van der Waals surface area contributed by atoms with Crippen LogP contribution in [0.1, 0.15) is 12.8 Å². The summed E-state index contributed by atoms with van der Waals surface area (Å²) in [6.45, 7) is 3.94. The highest BCUT2D eigenvalue weighted by Gasteiger charge is 2.00. The molecule has 0 aromatic rings. The van der Waals surface area contributed by atoms with E-state index in [1.54, 1.807) is 6.08 Å². The van der Waals surface area contributed by atoms with Crippen LogP contribution in [0, 0.1) is 0 Å². The second-order valence-corrected chi connectivity index (χ2v) is 1.81. The molecule has 12 heavy (non-hydrogen) atoms. The smallest absolute Gasteiger partial charge is 0.303 e. The molecule has 0 unspecified atom stereocenters. The van der Waals surface area contributed by atoms with Crippen LogP contribution < -0.4 is 5.73 Å². The average molecular weight is 175 g/mol. The Hall–Kier alpha value is -1.36. The quantitative estimate of drug-likeness (QED) is 0.525. The van der Waals surface area contributed by atoms with Crippen LogP contribution in [0.5, 0.6) is 0 Å². The first-order valence-electron chi connectivity index (χ1n) is 3.29. The number of rotatable bonds is 4. The van der Waals surface area contributed by atoms with Crippen molar-refractivity contribution in [3.05, 3.63) is 12.7 Å². The third-order valence-electron chi connectivity index (χ3n) is 0.719. The lowest BCUT2D eigenvalue weighted by Gasteiger charge is -1.85. The summed E-state index contributed by atoms with van der Waals surface area (Å²) in [7, 11) is 0. The Morgan fingerprint density at radius 2 is 1.50 bits per heavy atom. The van der Waals surface area contributed by atoms with E-state index in [4.69, 9.17) is 15.9 Å². The van der Waals surface area contributed by atoms with Crippen LogP contribution in [0.2, 0.25) is 0 Å². The van der Waals surface area contributed by atoms with Gasteiger partial charge in [-0.2, -0.15) is 0 Å². The average Bonchev–Trinajstić information content (AvgIpc) is 2.01. The van der Waals surface area contributed by atoms with Crippen molar-refractivity contribution in [2.24, 2.45) is 5.73 Å². The van der Waals surface area contributed by atoms with Crippen LogP contribution in [0.15, 0.2) is 12.7 Å². The Balaban J connectivity index is 0. The minimum absolute atomic E-state index is 0.296. The molecule has 0 saturated heterocycles. The predicted octanol–water partition coefficient (Wildman–Crippen LogP) is 0.0669. The van der Waals surface area contributed by atoms with Gasteiger partial charge < -0.3 is 15.9 Å². The number of carboxylic acids is 2. The molecule has 5 nitrogen and oxygen atoms in total. The third-order valence-corrected chi connectivity index (χ3v) is 0.719. The maximum absolute atomic E-state index is 9.64. The molecule has 0 saturated carbocycles. The van der Waals surface area contributed by atoms with Crippen LogP contribution in [0.3, 0.4) is 0 Å². The maximum atomic E-state index is 9.64. The number of hydrogen-bond acceptors (Lipinski definition) is 3. The monoisotopic (exact) mass is 175 g/mol. The lowest BCUT2D eigenvalue weighted by atomic mass is 10.3. The van der Waals surface area contributed by atoms with Crippen molar-refractivity contribution in [3.8, 4) is 0 Å². The van der Waals surface area contributed by atoms with E-state index in [0.717, 1.165) is 0 Å². The summed E-state index contributed by atoms with van der Waals surface area (Å²) < 4.78 is 0. The number of hydrogen-bond donors (Lipinski definition) is 3. The maximum Gasteiger partial charge on any atom is 0.303 e. The minimum Gasteiger partial charge on any atom is -0.481 e. The van der Waals surface area contributed by atoms with Gasteiger partial charge in [-0.05, 0) is 0 Å². The van der Waals surface area contributed by atoms with Crippen molar-refractivity contribution < 1.29 is 19.8 Å². The van der Waals surface area contributed by atoms with E-state index < -0.39 is 11.9 Å². The van der Waals surface area contributed by atoms with E-state index in [-0.39, 0.29) is 12.8 Å². The summed E-state index contributed by atoms with van der Waals surface area (Å²) in [5.74, 6) is -2.15. The summed E-state index contributed by atoms with van der Waals surface area (Å²) in [6, 6.07) is 0. The molecule has 0 aromatic carbocycles. The van der Waals surface area contributed by atoms with Gasteiger partial charge in [-0.15, -0.1) is 6.58 Å². The lowest BCUT2D eigenvalue weighted by molar-refractivity contribution is -0.143. The first-order chi connectivity index (χ1) is 5.54. The normalized spacial score (nSPS) is 7.75. The molecule has 0 heterocycles. The van der Waals surface area contributed by atoms with Crippen LogP contribution >= 0.6 is 0 Å². The van der Waals surface area contributed by atoms with Gasteiger partial charge >= 0.3 is 11.9 Å². The number of carboxylic acid groups (broad SMARTS) is 2. The summed E-state index contributed by atoms with van der Waals surface area (Å²) in [5, 5.41) is 15.8. The van der Waals surface area contributed by atoms with Crippen molar-refractivity contribution >= 4 is 11.9 Å². The van der Waals surface area contributed by atoms with Gasteiger partial charge in [-0.1, -0.05) is 6.08 Å². The first kappa shape index (κ1) is 13.2. The molecule has 0 fully saturated rings. The minimum atomic E-state index is -1.08. The number of nitrogens with two attached hydrogens (primary N) is 1. The van der Waals surface area contributed by atoms with Crippen LogP contribution in [-0.4, -0.2) is 28.7 Å². The fourth-order valence-corrected chi connectivity index (χ4v) is 0.214. The van der Waals surface area contributed by atoms with Gasteiger partial charge in [0.05, 0.1) is 12.8 Å². The molecule has 0 aliphatic heterocycles. The summed E-state index contributed by atoms with van der Waals surface area (Å²) >= 11 is 0. The van der Waals surface area contributed by atoms with Gasteiger partial charge in [0.2, 0.25) is 0 Å². The van der Waals surface area contributed by atoms with Crippen molar-refractivity contribution in [1.82, 2.24) is 0 Å². The molecular formula is C7H13NO4. The second kappa shape index (κ2) is 9.64. The summed E-state index contributed by atoms with van der Waals surface area (Å²) in [4.78, 5) is 19.3. The van der Waals surface area contributed by atoms with Crippen molar-refractivity contribution in [2.75, 3.05) is 6.54 Å². The second-order valence-electron chi connectivity index (χ2n) is 1.81. The molecule has 0 radical (unpaired) electrons. The van der Waals surface area contributed by atoms with E-state index in [0.29, 0.717) is 6.54 Å². The predicted molar refractivity (Wildman–Crippen MR) is 43.8 cm³/mol. The Morgan fingerprint density at radius 1 is 1.25 bits per heavy atom. The molecule has 70 valence electrons. The van der Waals surface area contributed by atoms with Gasteiger partial charge in [0.1, 0.15) is 0 Å². The molecule has 0 bridgehead atoms. The standard InChI is InChI=1S/C4H6O4.C3H7N/c5-3(6)1-2-4(7)8;1-2-3-4/h1-2H2,(H,5,6)(H,7,8);2H,1,3-4H2. The molecule has 0 rings (SSSR count). The molecule has 0 aromatic heterocycles. The summed E-state index contributed by atoms with van der Waals surface area (Å²) in [5.41, 5.74) is 4.91. The van der Waals surface area contributed by atoms with Gasteiger partial charge in [0.15, 0.2) is 0 Å². The molecule has 0 atom stereocenters. The summed E-state index contributed by atoms with van der Waals surface area (Å²) in [6.07, 6.45) is 1.06. The van der Waals surface area contributed by atoms with Gasteiger partial charge in [0.25, 0.3) is 0 Å². The zero-order valence-electron chi connectivity index (χ0n) is 6.69. The van der Waals surface area contributed by atoms with Gasteiger partial charge in [-0.3, -0.25) is 9.59 Å². The molecule has 4 N–H and O–H groups in total. The first-order valence-corrected chi connectivity index (χ1v) is 3.29. The van der Waals surface area contributed by atoms with Crippen molar-refractivity contribution in [1.29, 1.82) is 0 Å². The molecular weight excluding hydrogens is 162 g/mol. The van der Waals surface area contributed by atoms with E-state index in [9.17, 15) is 9.59 Å². The molecule has 0 spiro atoms. The highest BCUT2D eigenvalue weighted by atomic mass is 16.4. The van der Waals surface area contributed by atoms with Crippen LogP contribution in [-0.2, 0) is 9.59 Å². The fraction of sp³-hybridized carbons (Fsp3) is 0.429. The lowest BCUT2D eigenvalue weighted by Crippen LogP contribution is -2.00. The number of carbonyl (C=O) groups is 2. The SMILES string of the molecule is C=CCN.O=C(O)CCC(=O)O. The van der Waals surface area contributed by atoms with E-state index in [2.05, 4.69) is 6.58 Å². The zero-order valence-corrected chi connectivity index (χ0v) is 6.69. The molecule has 0 aliphatic rings. The zero-order chi connectivity index (χ0) is 9.98.